The summed E-state index contributed by atoms with van der Waals surface area (Å²) in [6.45, 7) is 5.73. The molecule has 1 saturated carbocycles. The SMILES string of the molecule is CC1CCN(c2ccc(NC(=O)C(=O)N3CC4CCCC(N)C4C3)cc2)CC1. The Balaban J connectivity index is 1.32. The van der Waals surface area contributed by atoms with Gasteiger partial charge in [0.1, 0.15) is 0 Å². The number of fused-ring (bicyclic) bond motifs is 1. The first-order chi connectivity index (χ1) is 13.5. The number of anilines is 2. The minimum absolute atomic E-state index is 0.157. The number of hydrogen-bond donors (Lipinski definition) is 2. The van der Waals surface area contributed by atoms with Gasteiger partial charge in [0.2, 0.25) is 0 Å². The first-order valence-corrected chi connectivity index (χ1v) is 10.7. The van der Waals surface area contributed by atoms with Crippen LogP contribution in [0.3, 0.4) is 0 Å². The summed E-state index contributed by atoms with van der Waals surface area (Å²) in [4.78, 5) is 29.1. The molecule has 3 N–H and O–H groups in total. The number of piperidine rings is 1. The summed E-state index contributed by atoms with van der Waals surface area (Å²) in [6.07, 6.45) is 5.69. The number of hydrogen-bond acceptors (Lipinski definition) is 4. The molecule has 3 aliphatic rings. The Morgan fingerprint density at radius 2 is 1.75 bits per heavy atom. The maximum absolute atomic E-state index is 12.6. The Morgan fingerprint density at radius 1 is 1.04 bits per heavy atom. The summed E-state index contributed by atoms with van der Waals surface area (Å²) >= 11 is 0. The molecule has 6 nitrogen and oxygen atoms in total. The molecular weight excluding hydrogens is 352 g/mol. The van der Waals surface area contributed by atoms with Crippen LogP contribution in [0.4, 0.5) is 11.4 Å². The molecule has 2 aliphatic heterocycles. The number of carbonyl (C=O) groups excluding carboxylic acids is 2. The molecule has 2 saturated heterocycles. The minimum Gasteiger partial charge on any atom is -0.372 e. The van der Waals surface area contributed by atoms with E-state index in [1.165, 1.54) is 18.5 Å². The molecule has 3 atom stereocenters. The van der Waals surface area contributed by atoms with Crippen molar-refractivity contribution < 1.29 is 9.59 Å². The highest BCUT2D eigenvalue weighted by atomic mass is 16.2. The molecule has 152 valence electrons. The highest BCUT2D eigenvalue weighted by molar-refractivity contribution is 6.39. The van der Waals surface area contributed by atoms with E-state index in [9.17, 15) is 9.59 Å². The quantitative estimate of drug-likeness (QED) is 0.768. The number of benzene rings is 1. The number of nitrogens with zero attached hydrogens (tertiary/aromatic N) is 2. The van der Waals surface area contributed by atoms with E-state index in [1.807, 2.05) is 24.3 Å². The van der Waals surface area contributed by atoms with Gasteiger partial charge < -0.3 is 20.9 Å². The molecule has 0 radical (unpaired) electrons. The van der Waals surface area contributed by atoms with Crippen LogP contribution in [0.15, 0.2) is 24.3 Å². The van der Waals surface area contributed by atoms with Gasteiger partial charge in [-0.05, 0) is 67.7 Å². The average molecular weight is 385 g/mol. The molecule has 0 aromatic heterocycles. The maximum Gasteiger partial charge on any atom is 0.313 e. The van der Waals surface area contributed by atoms with E-state index >= 15 is 0 Å². The fraction of sp³-hybridized carbons (Fsp3) is 0.636. The summed E-state index contributed by atoms with van der Waals surface area (Å²) in [5.74, 6) is 0.608. The lowest BCUT2D eigenvalue weighted by molar-refractivity contribution is -0.142. The number of rotatable bonds is 2. The van der Waals surface area contributed by atoms with Crippen LogP contribution < -0.4 is 16.0 Å². The van der Waals surface area contributed by atoms with Gasteiger partial charge in [-0.1, -0.05) is 13.3 Å². The van der Waals surface area contributed by atoms with E-state index in [0.717, 1.165) is 38.3 Å². The highest BCUT2D eigenvalue weighted by Crippen LogP contribution is 2.35. The molecule has 1 aromatic carbocycles. The zero-order valence-corrected chi connectivity index (χ0v) is 16.8. The summed E-state index contributed by atoms with van der Waals surface area (Å²) in [5, 5.41) is 2.77. The Morgan fingerprint density at radius 3 is 2.43 bits per heavy atom. The fourth-order valence-electron chi connectivity index (χ4n) is 5.03. The normalized spacial score (nSPS) is 28.1. The zero-order chi connectivity index (χ0) is 19.7. The summed E-state index contributed by atoms with van der Waals surface area (Å²) in [7, 11) is 0. The molecule has 0 bridgehead atoms. The second kappa shape index (κ2) is 8.11. The largest absolute Gasteiger partial charge is 0.372 e. The number of likely N-dealkylation sites (tertiary alicyclic amines) is 1. The van der Waals surface area contributed by atoms with E-state index in [-0.39, 0.29) is 6.04 Å². The molecule has 1 aromatic rings. The van der Waals surface area contributed by atoms with Crippen molar-refractivity contribution in [1.82, 2.24) is 4.90 Å². The summed E-state index contributed by atoms with van der Waals surface area (Å²) in [5.41, 5.74) is 8.06. The highest BCUT2D eigenvalue weighted by Gasteiger charge is 2.41. The molecule has 4 rings (SSSR count). The third kappa shape index (κ3) is 4.02. The van der Waals surface area contributed by atoms with Gasteiger partial charge in [-0.2, -0.15) is 0 Å². The van der Waals surface area contributed by atoms with Gasteiger partial charge in [0.15, 0.2) is 0 Å². The van der Waals surface area contributed by atoms with Gasteiger partial charge in [0.25, 0.3) is 0 Å². The number of nitrogens with two attached hydrogens (primary N) is 1. The van der Waals surface area contributed by atoms with Crippen molar-refractivity contribution in [1.29, 1.82) is 0 Å². The second-order valence-corrected chi connectivity index (χ2v) is 8.90. The van der Waals surface area contributed by atoms with Crippen molar-refractivity contribution in [3.8, 4) is 0 Å². The molecule has 0 spiro atoms. The van der Waals surface area contributed by atoms with Gasteiger partial charge in [0.05, 0.1) is 0 Å². The topological polar surface area (TPSA) is 78.7 Å². The lowest BCUT2D eigenvalue weighted by Crippen LogP contribution is -2.40. The van der Waals surface area contributed by atoms with Crippen LogP contribution in [0.1, 0.15) is 39.0 Å². The molecular formula is C22H32N4O2. The lowest BCUT2D eigenvalue weighted by atomic mass is 9.78. The van der Waals surface area contributed by atoms with Crippen LogP contribution in [0, 0.1) is 17.8 Å². The van der Waals surface area contributed by atoms with E-state index in [1.54, 1.807) is 4.90 Å². The van der Waals surface area contributed by atoms with Crippen LogP contribution in [-0.4, -0.2) is 48.9 Å². The van der Waals surface area contributed by atoms with Crippen LogP contribution >= 0.6 is 0 Å². The Labute approximate surface area is 167 Å². The first kappa shape index (κ1) is 19.2. The van der Waals surface area contributed by atoms with Crippen molar-refractivity contribution in [2.75, 3.05) is 36.4 Å². The van der Waals surface area contributed by atoms with Crippen LogP contribution in [-0.2, 0) is 9.59 Å². The van der Waals surface area contributed by atoms with Gasteiger partial charge >= 0.3 is 11.8 Å². The summed E-state index contributed by atoms with van der Waals surface area (Å²) in [6, 6.07) is 7.99. The number of nitrogens with one attached hydrogen (secondary N) is 1. The van der Waals surface area contributed by atoms with Gasteiger partial charge in [0, 0.05) is 43.6 Å². The Kier molecular flexibility index (Phi) is 5.58. The fourth-order valence-corrected chi connectivity index (χ4v) is 5.03. The van der Waals surface area contributed by atoms with Crippen molar-refractivity contribution in [3.05, 3.63) is 24.3 Å². The van der Waals surface area contributed by atoms with Gasteiger partial charge in [-0.3, -0.25) is 9.59 Å². The lowest BCUT2D eigenvalue weighted by Gasteiger charge is -2.32. The molecule has 1 aliphatic carbocycles. The second-order valence-electron chi connectivity index (χ2n) is 8.90. The minimum atomic E-state index is -0.549. The first-order valence-electron chi connectivity index (χ1n) is 10.7. The molecule has 28 heavy (non-hydrogen) atoms. The number of carbonyl (C=O) groups is 2. The predicted octanol–water partition coefficient (Wildman–Crippen LogP) is 2.45. The summed E-state index contributed by atoms with van der Waals surface area (Å²) < 4.78 is 0. The smallest absolute Gasteiger partial charge is 0.313 e. The molecule has 2 amide bonds. The van der Waals surface area contributed by atoms with E-state index in [0.29, 0.717) is 30.6 Å². The number of amides is 2. The van der Waals surface area contributed by atoms with Gasteiger partial charge in [-0.15, -0.1) is 0 Å². The van der Waals surface area contributed by atoms with Gasteiger partial charge in [-0.25, -0.2) is 0 Å². The monoisotopic (exact) mass is 384 g/mol. The Hall–Kier alpha value is -2.08. The van der Waals surface area contributed by atoms with E-state index in [2.05, 4.69) is 17.1 Å². The molecule has 6 heteroatoms. The molecule has 2 heterocycles. The van der Waals surface area contributed by atoms with Crippen LogP contribution in [0.25, 0.3) is 0 Å². The molecule has 3 unspecified atom stereocenters. The molecule has 3 fully saturated rings. The van der Waals surface area contributed by atoms with Crippen molar-refractivity contribution in [2.45, 2.75) is 45.1 Å². The predicted molar refractivity (Wildman–Crippen MR) is 111 cm³/mol. The zero-order valence-electron chi connectivity index (χ0n) is 16.8. The third-order valence-corrected chi connectivity index (χ3v) is 6.91. The van der Waals surface area contributed by atoms with Crippen molar-refractivity contribution >= 4 is 23.2 Å². The average Bonchev–Trinajstić information content (AvgIpc) is 3.14. The third-order valence-electron chi connectivity index (χ3n) is 6.91. The van der Waals surface area contributed by atoms with Crippen molar-refractivity contribution in [2.24, 2.45) is 23.5 Å². The Bertz CT molecular complexity index is 712. The van der Waals surface area contributed by atoms with Crippen LogP contribution in [0.5, 0.6) is 0 Å². The van der Waals surface area contributed by atoms with E-state index < -0.39 is 11.8 Å². The van der Waals surface area contributed by atoms with Crippen molar-refractivity contribution in [3.63, 3.8) is 0 Å². The standard InChI is InChI=1S/C22H32N4O2/c1-15-9-11-25(12-10-15)18-7-5-17(6-8-18)24-21(27)22(28)26-13-16-3-2-4-20(23)19(16)14-26/h5-8,15-16,19-20H,2-4,9-14,23H2,1H3,(H,24,27). The van der Waals surface area contributed by atoms with E-state index in [4.69, 9.17) is 5.73 Å². The van der Waals surface area contributed by atoms with Crippen LogP contribution in [0.2, 0.25) is 0 Å². The maximum atomic E-state index is 12.6.